The summed E-state index contributed by atoms with van der Waals surface area (Å²) in [5.74, 6) is -0.342. The van der Waals surface area contributed by atoms with Crippen molar-refractivity contribution in [1.82, 2.24) is 0 Å². The molecule has 0 aromatic heterocycles. The number of nitrogens with zero attached hydrogens (tertiary/aromatic N) is 1. The highest BCUT2D eigenvalue weighted by molar-refractivity contribution is 5.90. The number of hydrogen-bond acceptors (Lipinski definition) is 4. The predicted octanol–water partition coefficient (Wildman–Crippen LogP) is 2.68. The van der Waals surface area contributed by atoms with E-state index in [0.29, 0.717) is 12.1 Å². The van der Waals surface area contributed by atoms with Crippen molar-refractivity contribution in [3.8, 4) is 0 Å². The van der Waals surface area contributed by atoms with Gasteiger partial charge in [0.1, 0.15) is 0 Å². The van der Waals surface area contributed by atoms with E-state index >= 15 is 0 Å². The average Bonchev–Trinajstić information content (AvgIpc) is 2.53. The van der Waals surface area contributed by atoms with Gasteiger partial charge in [0.25, 0.3) is 0 Å². The fourth-order valence-corrected chi connectivity index (χ4v) is 1.69. The van der Waals surface area contributed by atoms with Gasteiger partial charge in [-0.25, -0.2) is 4.79 Å². The Labute approximate surface area is 117 Å². The minimum atomic E-state index is -0.342. The van der Waals surface area contributed by atoms with Crippen molar-refractivity contribution in [2.45, 2.75) is 6.54 Å². The van der Waals surface area contributed by atoms with E-state index in [-0.39, 0.29) is 5.97 Å². The van der Waals surface area contributed by atoms with Crippen molar-refractivity contribution in [2.24, 2.45) is 10.7 Å². The van der Waals surface area contributed by atoms with E-state index in [1.807, 2.05) is 36.4 Å². The van der Waals surface area contributed by atoms with E-state index in [0.717, 1.165) is 16.8 Å². The average molecular weight is 268 g/mol. The lowest BCUT2D eigenvalue weighted by molar-refractivity contribution is 0.0601. The van der Waals surface area contributed by atoms with Crippen LogP contribution in [0.25, 0.3) is 0 Å². The number of carbonyl (C=O) groups excluding carboxylic acids is 1. The third-order valence-corrected chi connectivity index (χ3v) is 2.87. The van der Waals surface area contributed by atoms with Gasteiger partial charge in [0.2, 0.25) is 0 Å². The Bertz CT molecular complexity index is 601. The first-order valence-electron chi connectivity index (χ1n) is 6.24. The predicted molar refractivity (Wildman–Crippen MR) is 79.4 cm³/mol. The van der Waals surface area contributed by atoms with E-state index in [1.54, 1.807) is 18.3 Å². The molecule has 0 saturated heterocycles. The molecule has 0 aliphatic carbocycles. The second-order valence-electron chi connectivity index (χ2n) is 4.24. The van der Waals surface area contributed by atoms with Gasteiger partial charge in [0.05, 0.1) is 18.4 Å². The van der Waals surface area contributed by atoms with Crippen LogP contribution in [0, 0.1) is 0 Å². The Morgan fingerprint density at radius 2 is 1.80 bits per heavy atom. The molecule has 0 fully saturated rings. The van der Waals surface area contributed by atoms with Crippen LogP contribution < -0.4 is 5.73 Å². The lowest BCUT2D eigenvalue weighted by Crippen LogP contribution is -2.00. The molecule has 4 heteroatoms. The topological polar surface area (TPSA) is 64.7 Å². The van der Waals surface area contributed by atoms with Gasteiger partial charge < -0.3 is 10.5 Å². The minimum absolute atomic E-state index is 0.342. The molecule has 0 saturated carbocycles. The number of methoxy groups -OCH3 is 1. The highest BCUT2D eigenvalue weighted by Gasteiger charge is 2.03. The van der Waals surface area contributed by atoms with Gasteiger partial charge in [-0.1, -0.05) is 24.3 Å². The first-order chi connectivity index (χ1) is 9.72. The van der Waals surface area contributed by atoms with E-state index in [1.165, 1.54) is 7.11 Å². The van der Waals surface area contributed by atoms with Crippen molar-refractivity contribution in [3.05, 3.63) is 65.2 Å². The zero-order valence-corrected chi connectivity index (χ0v) is 11.2. The van der Waals surface area contributed by atoms with Gasteiger partial charge in [-0.3, -0.25) is 4.99 Å². The molecule has 4 nitrogen and oxygen atoms in total. The smallest absolute Gasteiger partial charge is 0.337 e. The Balaban J connectivity index is 2.08. The highest BCUT2D eigenvalue weighted by atomic mass is 16.5. The number of hydrogen-bond donors (Lipinski definition) is 1. The van der Waals surface area contributed by atoms with Gasteiger partial charge >= 0.3 is 5.97 Å². The summed E-state index contributed by atoms with van der Waals surface area (Å²) in [4.78, 5) is 15.7. The van der Waals surface area contributed by atoms with E-state index < -0.39 is 0 Å². The van der Waals surface area contributed by atoms with Crippen LogP contribution in [0.5, 0.6) is 0 Å². The molecule has 2 aromatic rings. The zero-order chi connectivity index (χ0) is 14.4. The second-order valence-corrected chi connectivity index (χ2v) is 4.24. The molecule has 0 aliphatic heterocycles. The number of rotatable bonds is 4. The maximum Gasteiger partial charge on any atom is 0.337 e. The van der Waals surface area contributed by atoms with Crippen LogP contribution in [0.15, 0.2) is 53.5 Å². The summed E-state index contributed by atoms with van der Waals surface area (Å²) < 4.78 is 4.64. The van der Waals surface area contributed by atoms with Crippen LogP contribution >= 0.6 is 0 Å². The third-order valence-electron chi connectivity index (χ3n) is 2.87. The maximum atomic E-state index is 11.3. The molecule has 2 rings (SSSR count). The molecule has 0 aliphatic rings. The van der Waals surface area contributed by atoms with Crippen molar-refractivity contribution in [1.29, 1.82) is 0 Å². The molecule has 2 aromatic carbocycles. The molecular formula is C16H16N2O2. The molecule has 0 spiro atoms. The summed E-state index contributed by atoms with van der Waals surface area (Å²) in [6, 6.07) is 14.8. The van der Waals surface area contributed by atoms with Crippen LogP contribution in [-0.4, -0.2) is 19.3 Å². The van der Waals surface area contributed by atoms with Crippen LogP contribution in [-0.2, 0) is 11.3 Å². The number of benzene rings is 2. The Kier molecular flexibility index (Phi) is 4.63. The van der Waals surface area contributed by atoms with E-state index in [4.69, 9.17) is 5.73 Å². The quantitative estimate of drug-likeness (QED) is 0.685. The first kappa shape index (κ1) is 14.0. The SMILES string of the molecule is COC(=O)c1ccc(C=Nc2ccc(CN)cc2)cc1. The number of nitrogens with two attached hydrogens (primary N) is 1. The molecular weight excluding hydrogens is 252 g/mol. The summed E-state index contributed by atoms with van der Waals surface area (Å²) in [5, 5.41) is 0. The number of carbonyl (C=O) groups is 1. The first-order valence-corrected chi connectivity index (χ1v) is 6.24. The normalized spacial score (nSPS) is 10.7. The summed E-state index contributed by atoms with van der Waals surface area (Å²) >= 11 is 0. The lowest BCUT2D eigenvalue weighted by Gasteiger charge is -2.00. The summed E-state index contributed by atoms with van der Waals surface area (Å²) in [6.45, 7) is 0.527. The van der Waals surface area contributed by atoms with Gasteiger partial charge in [0.15, 0.2) is 0 Å². The maximum absolute atomic E-state index is 11.3. The second kappa shape index (κ2) is 6.63. The van der Waals surface area contributed by atoms with Crippen LogP contribution in [0.3, 0.4) is 0 Å². The largest absolute Gasteiger partial charge is 0.465 e. The summed E-state index contributed by atoms with van der Waals surface area (Å²) in [5.41, 5.74) is 8.92. The van der Waals surface area contributed by atoms with Crippen molar-refractivity contribution >= 4 is 17.9 Å². The molecule has 0 bridgehead atoms. The van der Waals surface area contributed by atoms with Crippen molar-refractivity contribution in [3.63, 3.8) is 0 Å². The standard InChI is InChI=1S/C16H16N2O2/c1-20-16(19)14-6-2-13(3-7-14)11-18-15-8-4-12(10-17)5-9-15/h2-9,11H,10,17H2,1H3. The molecule has 0 atom stereocenters. The van der Waals surface area contributed by atoms with Gasteiger partial charge in [0, 0.05) is 12.8 Å². The third kappa shape index (κ3) is 3.52. The molecule has 20 heavy (non-hydrogen) atoms. The van der Waals surface area contributed by atoms with E-state index in [9.17, 15) is 4.79 Å². The van der Waals surface area contributed by atoms with E-state index in [2.05, 4.69) is 9.73 Å². The molecule has 0 amide bonds. The molecule has 0 unspecified atom stereocenters. The lowest BCUT2D eigenvalue weighted by atomic mass is 10.1. The molecule has 102 valence electrons. The fraction of sp³-hybridized carbons (Fsp3) is 0.125. The van der Waals surface area contributed by atoms with Crippen LogP contribution in [0.2, 0.25) is 0 Å². The Hall–Kier alpha value is -2.46. The zero-order valence-electron chi connectivity index (χ0n) is 11.2. The summed E-state index contributed by atoms with van der Waals surface area (Å²) in [6.07, 6.45) is 1.75. The molecule has 0 radical (unpaired) electrons. The van der Waals surface area contributed by atoms with Crippen molar-refractivity contribution in [2.75, 3.05) is 7.11 Å². The molecule has 2 N–H and O–H groups in total. The van der Waals surface area contributed by atoms with Crippen LogP contribution in [0.1, 0.15) is 21.5 Å². The fourth-order valence-electron chi connectivity index (χ4n) is 1.69. The monoisotopic (exact) mass is 268 g/mol. The highest BCUT2D eigenvalue weighted by Crippen LogP contribution is 2.13. The molecule has 0 heterocycles. The number of esters is 1. The van der Waals surface area contributed by atoms with Gasteiger partial charge in [-0.05, 0) is 35.4 Å². The number of ether oxygens (including phenoxy) is 1. The van der Waals surface area contributed by atoms with Crippen LogP contribution in [0.4, 0.5) is 5.69 Å². The minimum Gasteiger partial charge on any atom is -0.465 e. The Morgan fingerprint density at radius 3 is 2.35 bits per heavy atom. The van der Waals surface area contributed by atoms with Gasteiger partial charge in [-0.15, -0.1) is 0 Å². The number of aliphatic imine (C=N–C) groups is 1. The summed E-state index contributed by atoms with van der Waals surface area (Å²) in [7, 11) is 1.36. The van der Waals surface area contributed by atoms with Crippen molar-refractivity contribution < 1.29 is 9.53 Å². The Morgan fingerprint density at radius 1 is 1.15 bits per heavy atom. The van der Waals surface area contributed by atoms with Gasteiger partial charge in [-0.2, -0.15) is 0 Å².